The molecule has 0 heterocycles. The van der Waals surface area contributed by atoms with Crippen LogP contribution in [0.1, 0.15) is 33.1 Å². The molecule has 122 valence electrons. The Kier molecular flexibility index (Phi) is 9.36. The zero-order valence-corrected chi connectivity index (χ0v) is 13.4. The highest BCUT2D eigenvalue weighted by molar-refractivity contribution is 5.94. The van der Waals surface area contributed by atoms with E-state index in [4.69, 9.17) is 5.11 Å². The zero-order chi connectivity index (χ0) is 16.4. The Morgan fingerprint density at radius 3 is 2.24 bits per heavy atom. The number of nitrogens with one attached hydrogen (secondary N) is 1. The number of hydrogen-bond acceptors (Lipinski definition) is 4. The lowest BCUT2D eigenvalue weighted by Gasteiger charge is -2.22. The molecule has 0 fully saturated rings. The summed E-state index contributed by atoms with van der Waals surface area (Å²) in [5.41, 5.74) is 0. The average molecular weight is 301 g/mol. The van der Waals surface area contributed by atoms with Crippen LogP contribution in [-0.2, 0) is 9.59 Å². The molecule has 0 aliphatic heterocycles. The van der Waals surface area contributed by atoms with Crippen molar-refractivity contribution in [2.45, 2.75) is 33.1 Å². The van der Waals surface area contributed by atoms with E-state index in [1.54, 1.807) is 11.8 Å². The summed E-state index contributed by atoms with van der Waals surface area (Å²) >= 11 is 0. The zero-order valence-electron chi connectivity index (χ0n) is 13.4. The van der Waals surface area contributed by atoms with Gasteiger partial charge in [0.25, 0.3) is 0 Å². The standard InChI is InChI=1S/C14H27N3O4/c1-5-17(8-6-7-16(3)4)14(21)15-12(18)9-11(2)10-13(19)20/h11H,5-10H2,1-4H3,(H,19,20)(H,15,18,21). The SMILES string of the molecule is CCN(CCCN(C)C)C(=O)NC(=O)CC(C)CC(=O)O. The van der Waals surface area contributed by atoms with Gasteiger partial charge in [-0.15, -0.1) is 0 Å². The Morgan fingerprint density at radius 1 is 1.14 bits per heavy atom. The molecule has 0 aliphatic rings. The number of nitrogens with zero attached hydrogens (tertiary/aromatic N) is 2. The highest BCUT2D eigenvalue weighted by Crippen LogP contribution is 2.07. The summed E-state index contributed by atoms with van der Waals surface area (Å²) in [4.78, 5) is 37.8. The molecule has 0 aliphatic carbocycles. The van der Waals surface area contributed by atoms with Gasteiger partial charge < -0.3 is 14.9 Å². The Bertz CT molecular complexity index is 358. The van der Waals surface area contributed by atoms with E-state index in [1.165, 1.54) is 0 Å². The van der Waals surface area contributed by atoms with Crippen molar-refractivity contribution < 1.29 is 19.5 Å². The summed E-state index contributed by atoms with van der Waals surface area (Å²) in [7, 11) is 3.92. The topological polar surface area (TPSA) is 90.0 Å². The van der Waals surface area contributed by atoms with Gasteiger partial charge in [-0.1, -0.05) is 6.92 Å². The molecule has 3 amide bonds. The number of amides is 3. The minimum atomic E-state index is -0.944. The van der Waals surface area contributed by atoms with Gasteiger partial charge in [-0.2, -0.15) is 0 Å². The van der Waals surface area contributed by atoms with Crippen molar-refractivity contribution >= 4 is 17.9 Å². The van der Waals surface area contributed by atoms with E-state index < -0.39 is 17.9 Å². The molecule has 0 radical (unpaired) electrons. The quantitative estimate of drug-likeness (QED) is 0.663. The molecule has 0 rings (SSSR count). The minimum Gasteiger partial charge on any atom is -0.481 e. The first-order valence-corrected chi connectivity index (χ1v) is 7.21. The van der Waals surface area contributed by atoms with E-state index in [1.807, 2.05) is 25.9 Å². The molecule has 2 N–H and O–H groups in total. The fourth-order valence-corrected chi connectivity index (χ4v) is 1.92. The van der Waals surface area contributed by atoms with E-state index in [0.29, 0.717) is 13.1 Å². The Morgan fingerprint density at radius 2 is 1.76 bits per heavy atom. The van der Waals surface area contributed by atoms with E-state index >= 15 is 0 Å². The molecule has 1 unspecified atom stereocenters. The van der Waals surface area contributed by atoms with Crippen LogP contribution in [0.2, 0.25) is 0 Å². The van der Waals surface area contributed by atoms with Crippen LogP contribution in [0.3, 0.4) is 0 Å². The first kappa shape index (κ1) is 19.4. The number of carboxylic acid groups (broad SMARTS) is 1. The molecule has 1 atom stereocenters. The molecular weight excluding hydrogens is 274 g/mol. The summed E-state index contributed by atoms with van der Waals surface area (Å²) in [5.74, 6) is -1.67. The highest BCUT2D eigenvalue weighted by Gasteiger charge is 2.17. The maximum Gasteiger partial charge on any atom is 0.324 e. The summed E-state index contributed by atoms with van der Waals surface area (Å²) in [6.07, 6.45) is 0.785. The summed E-state index contributed by atoms with van der Waals surface area (Å²) in [5, 5.41) is 11.0. The molecular formula is C14H27N3O4. The number of urea groups is 1. The van der Waals surface area contributed by atoms with Gasteiger partial charge in [0.2, 0.25) is 5.91 Å². The van der Waals surface area contributed by atoms with Crippen molar-refractivity contribution in [3.8, 4) is 0 Å². The third-order valence-corrected chi connectivity index (χ3v) is 3.01. The van der Waals surface area contributed by atoms with Gasteiger partial charge in [-0.25, -0.2) is 4.79 Å². The first-order chi connectivity index (χ1) is 9.76. The molecule has 7 nitrogen and oxygen atoms in total. The van der Waals surface area contributed by atoms with Crippen molar-refractivity contribution in [3.05, 3.63) is 0 Å². The van der Waals surface area contributed by atoms with Gasteiger partial charge in [0, 0.05) is 25.9 Å². The molecule has 21 heavy (non-hydrogen) atoms. The monoisotopic (exact) mass is 301 g/mol. The highest BCUT2D eigenvalue weighted by atomic mass is 16.4. The van der Waals surface area contributed by atoms with Crippen molar-refractivity contribution in [2.24, 2.45) is 5.92 Å². The minimum absolute atomic E-state index is 0.0350. The average Bonchev–Trinajstić information content (AvgIpc) is 2.32. The maximum absolute atomic E-state index is 11.9. The number of aliphatic carboxylic acids is 1. The van der Waals surface area contributed by atoms with Crippen LogP contribution in [0.25, 0.3) is 0 Å². The maximum atomic E-state index is 11.9. The molecule has 7 heteroatoms. The molecule has 0 aromatic heterocycles. The Labute approximate surface area is 126 Å². The van der Waals surface area contributed by atoms with Gasteiger partial charge in [0.05, 0.1) is 0 Å². The Balaban J connectivity index is 4.17. The molecule has 0 bridgehead atoms. The fraction of sp³-hybridized carbons (Fsp3) is 0.786. The van der Waals surface area contributed by atoms with Crippen LogP contribution in [0.15, 0.2) is 0 Å². The normalized spacial score (nSPS) is 12.0. The molecule has 0 aromatic carbocycles. The van der Waals surface area contributed by atoms with E-state index in [-0.39, 0.29) is 18.8 Å². The molecule has 0 aromatic rings. The molecule has 0 saturated carbocycles. The van der Waals surface area contributed by atoms with Crippen LogP contribution in [0.5, 0.6) is 0 Å². The lowest BCUT2D eigenvalue weighted by Crippen LogP contribution is -2.44. The number of hydrogen-bond donors (Lipinski definition) is 2. The predicted octanol–water partition coefficient (Wildman–Crippen LogP) is 0.997. The van der Waals surface area contributed by atoms with Crippen LogP contribution in [-0.4, -0.2) is 66.5 Å². The molecule has 0 spiro atoms. The number of carboxylic acids is 1. The van der Waals surface area contributed by atoms with Gasteiger partial charge >= 0.3 is 12.0 Å². The van der Waals surface area contributed by atoms with Crippen molar-refractivity contribution in [1.29, 1.82) is 0 Å². The van der Waals surface area contributed by atoms with E-state index in [2.05, 4.69) is 5.32 Å². The third-order valence-electron chi connectivity index (χ3n) is 3.01. The first-order valence-electron chi connectivity index (χ1n) is 7.21. The number of imide groups is 1. The smallest absolute Gasteiger partial charge is 0.324 e. The second kappa shape index (κ2) is 10.1. The van der Waals surface area contributed by atoms with Gasteiger partial charge in [0.1, 0.15) is 0 Å². The van der Waals surface area contributed by atoms with E-state index in [0.717, 1.165) is 13.0 Å². The van der Waals surface area contributed by atoms with Crippen molar-refractivity contribution in [3.63, 3.8) is 0 Å². The summed E-state index contributed by atoms with van der Waals surface area (Å²) in [6, 6.07) is -0.413. The van der Waals surface area contributed by atoms with Gasteiger partial charge in [-0.05, 0) is 39.9 Å². The number of rotatable bonds is 9. The summed E-state index contributed by atoms with van der Waals surface area (Å²) in [6.45, 7) is 5.50. The lowest BCUT2D eigenvalue weighted by atomic mass is 10.0. The van der Waals surface area contributed by atoms with Gasteiger partial charge in [-0.3, -0.25) is 14.9 Å². The van der Waals surface area contributed by atoms with Crippen molar-refractivity contribution in [1.82, 2.24) is 15.1 Å². The number of carbonyl (C=O) groups is 3. The third kappa shape index (κ3) is 9.84. The Hall–Kier alpha value is -1.63. The van der Waals surface area contributed by atoms with E-state index in [9.17, 15) is 14.4 Å². The van der Waals surface area contributed by atoms with Crippen LogP contribution in [0, 0.1) is 5.92 Å². The van der Waals surface area contributed by atoms with Crippen LogP contribution < -0.4 is 5.32 Å². The number of carbonyl (C=O) groups excluding carboxylic acids is 2. The van der Waals surface area contributed by atoms with Crippen LogP contribution >= 0.6 is 0 Å². The second-order valence-corrected chi connectivity index (χ2v) is 5.50. The van der Waals surface area contributed by atoms with Gasteiger partial charge in [0.15, 0.2) is 0 Å². The lowest BCUT2D eigenvalue weighted by molar-refractivity contribution is -0.138. The van der Waals surface area contributed by atoms with Crippen LogP contribution in [0.4, 0.5) is 4.79 Å². The largest absolute Gasteiger partial charge is 0.481 e. The predicted molar refractivity (Wildman–Crippen MR) is 80.0 cm³/mol. The second-order valence-electron chi connectivity index (χ2n) is 5.50. The molecule has 0 saturated heterocycles. The summed E-state index contributed by atoms with van der Waals surface area (Å²) < 4.78 is 0. The fourth-order valence-electron chi connectivity index (χ4n) is 1.92. The van der Waals surface area contributed by atoms with Crippen molar-refractivity contribution in [2.75, 3.05) is 33.7 Å².